The largest absolute Gasteiger partial charge is 0.357 e. The van der Waals surface area contributed by atoms with Crippen LogP contribution in [0.15, 0.2) is 22.5 Å². The molecule has 1 amide bonds. The highest BCUT2D eigenvalue weighted by atomic mass is 32.2. The Morgan fingerprint density at radius 2 is 2.18 bits per heavy atom. The van der Waals surface area contributed by atoms with Gasteiger partial charge < -0.3 is 10.6 Å². The molecule has 1 aromatic carbocycles. The van der Waals surface area contributed by atoms with Gasteiger partial charge in [0.05, 0.1) is 5.75 Å². The van der Waals surface area contributed by atoms with E-state index >= 15 is 0 Å². The molecule has 3 rings (SSSR count). The molecule has 1 aliphatic rings. The van der Waals surface area contributed by atoms with Gasteiger partial charge >= 0.3 is 0 Å². The molecule has 1 aromatic heterocycles. The second-order valence-corrected chi connectivity index (χ2v) is 7.58. The van der Waals surface area contributed by atoms with Crippen LogP contribution in [0, 0.1) is 13.8 Å². The van der Waals surface area contributed by atoms with Crippen LogP contribution in [0.2, 0.25) is 0 Å². The summed E-state index contributed by atoms with van der Waals surface area (Å²) in [4.78, 5) is 12.1. The number of nitrogens with one attached hydrogen (secondary N) is 2. The van der Waals surface area contributed by atoms with Crippen molar-refractivity contribution in [2.45, 2.75) is 37.1 Å². The summed E-state index contributed by atoms with van der Waals surface area (Å²) in [6, 6.07) is 6.48. The van der Waals surface area contributed by atoms with Crippen molar-refractivity contribution >= 4 is 39.8 Å². The maximum Gasteiger partial charge on any atom is 0.234 e. The lowest BCUT2D eigenvalue weighted by molar-refractivity contribution is -0.113. The lowest BCUT2D eigenvalue weighted by Gasteiger charge is -2.09. The van der Waals surface area contributed by atoms with E-state index in [4.69, 9.17) is 0 Å². The molecule has 0 radical (unpaired) electrons. The fourth-order valence-corrected chi connectivity index (χ4v) is 3.56. The Morgan fingerprint density at radius 1 is 1.36 bits per heavy atom. The maximum atomic E-state index is 12.1. The molecule has 0 aliphatic heterocycles. The van der Waals surface area contributed by atoms with E-state index in [1.54, 1.807) is 0 Å². The predicted molar refractivity (Wildman–Crippen MR) is 91.8 cm³/mol. The smallest absolute Gasteiger partial charge is 0.234 e. The molecular formula is C15H18N4OS2. The molecule has 1 saturated carbocycles. The van der Waals surface area contributed by atoms with E-state index in [1.807, 2.05) is 32.0 Å². The quantitative estimate of drug-likeness (QED) is 0.792. The Bertz CT molecular complexity index is 682. The first-order valence-corrected chi connectivity index (χ1v) is 9.01. The molecule has 2 aromatic rings. The molecule has 0 unspecified atom stereocenters. The lowest BCUT2D eigenvalue weighted by Crippen LogP contribution is -2.15. The van der Waals surface area contributed by atoms with Gasteiger partial charge in [0.25, 0.3) is 0 Å². The fraction of sp³-hybridized carbons (Fsp3) is 0.400. The zero-order chi connectivity index (χ0) is 15.5. The standard InChI is InChI=1S/C15H18N4OS2/c1-9-4-3-5-12(10(9)2)17-13(20)8-21-15-19-18-14(22-15)16-11-6-7-11/h3-5,11H,6-8H2,1-2H3,(H,16,18)(H,17,20). The number of rotatable bonds is 6. The Balaban J connectivity index is 1.51. The Kier molecular flexibility index (Phi) is 4.63. The van der Waals surface area contributed by atoms with Crippen LogP contribution in [0.5, 0.6) is 0 Å². The van der Waals surface area contributed by atoms with E-state index in [1.165, 1.54) is 41.5 Å². The summed E-state index contributed by atoms with van der Waals surface area (Å²) in [7, 11) is 0. The molecule has 1 heterocycles. The van der Waals surface area contributed by atoms with E-state index in [2.05, 4.69) is 20.8 Å². The number of amides is 1. The molecule has 0 spiro atoms. The van der Waals surface area contributed by atoms with Gasteiger partial charge in [-0.3, -0.25) is 4.79 Å². The number of carbonyl (C=O) groups excluding carboxylic acids is 1. The monoisotopic (exact) mass is 334 g/mol. The van der Waals surface area contributed by atoms with Crippen molar-refractivity contribution < 1.29 is 4.79 Å². The molecule has 0 saturated heterocycles. The van der Waals surface area contributed by atoms with Crippen molar-refractivity contribution in [1.29, 1.82) is 0 Å². The second-order valence-electron chi connectivity index (χ2n) is 5.38. The third kappa shape index (κ3) is 3.98. The van der Waals surface area contributed by atoms with E-state index in [0.29, 0.717) is 11.8 Å². The Hall–Kier alpha value is -1.60. The number of aryl methyl sites for hydroxylation is 1. The topological polar surface area (TPSA) is 66.9 Å². The number of benzene rings is 1. The van der Waals surface area contributed by atoms with E-state index in [-0.39, 0.29) is 5.91 Å². The number of aromatic nitrogens is 2. The summed E-state index contributed by atoms with van der Waals surface area (Å²) in [5.41, 5.74) is 3.15. The van der Waals surface area contributed by atoms with Gasteiger partial charge in [0.15, 0.2) is 4.34 Å². The number of anilines is 2. The number of nitrogens with zero attached hydrogens (tertiary/aromatic N) is 2. The van der Waals surface area contributed by atoms with Gasteiger partial charge in [0.2, 0.25) is 11.0 Å². The molecule has 1 fully saturated rings. The van der Waals surface area contributed by atoms with Crippen LogP contribution in [0.1, 0.15) is 24.0 Å². The lowest BCUT2D eigenvalue weighted by atomic mass is 10.1. The molecule has 22 heavy (non-hydrogen) atoms. The summed E-state index contributed by atoms with van der Waals surface area (Å²) in [6.45, 7) is 4.05. The van der Waals surface area contributed by atoms with Gasteiger partial charge in [0.1, 0.15) is 0 Å². The fourth-order valence-electron chi connectivity index (χ4n) is 1.93. The molecule has 0 bridgehead atoms. The van der Waals surface area contributed by atoms with Crippen LogP contribution in [-0.4, -0.2) is 27.9 Å². The van der Waals surface area contributed by atoms with Crippen molar-refractivity contribution in [2.24, 2.45) is 0 Å². The Labute approximate surface area is 137 Å². The summed E-state index contributed by atoms with van der Waals surface area (Å²) < 4.78 is 0.819. The highest BCUT2D eigenvalue weighted by Crippen LogP contribution is 2.30. The second kappa shape index (κ2) is 6.66. The third-order valence-corrected chi connectivity index (χ3v) is 5.50. The summed E-state index contributed by atoms with van der Waals surface area (Å²) >= 11 is 2.92. The minimum Gasteiger partial charge on any atom is -0.357 e. The van der Waals surface area contributed by atoms with Crippen LogP contribution in [0.3, 0.4) is 0 Å². The first-order chi connectivity index (χ1) is 10.6. The molecule has 2 N–H and O–H groups in total. The first-order valence-electron chi connectivity index (χ1n) is 7.21. The number of hydrogen-bond donors (Lipinski definition) is 2. The zero-order valence-corrected chi connectivity index (χ0v) is 14.2. The van der Waals surface area contributed by atoms with Gasteiger partial charge in [-0.05, 0) is 43.9 Å². The molecule has 7 heteroatoms. The summed E-state index contributed by atoms with van der Waals surface area (Å²) in [6.07, 6.45) is 2.42. The zero-order valence-electron chi connectivity index (χ0n) is 12.5. The minimum absolute atomic E-state index is 0.0226. The van der Waals surface area contributed by atoms with Gasteiger partial charge in [0, 0.05) is 11.7 Å². The van der Waals surface area contributed by atoms with Crippen LogP contribution in [0.25, 0.3) is 0 Å². The number of carbonyl (C=O) groups is 1. The minimum atomic E-state index is -0.0226. The summed E-state index contributed by atoms with van der Waals surface area (Å²) in [5, 5.41) is 15.3. The van der Waals surface area contributed by atoms with E-state index in [0.717, 1.165) is 20.7 Å². The van der Waals surface area contributed by atoms with Crippen molar-refractivity contribution in [2.75, 3.05) is 16.4 Å². The molecule has 5 nitrogen and oxygen atoms in total. The Morgan fingerprint density at radius 3 is 2.95 bits per heavy atom. The highest BCUT2D eigenvalue weighted by molar-refractivity contribution is 8.01. The van der Waals surface area contributed by atoms with Gasteiger partial charge in [-0.2, -0.15) is 0 Å². The normalized spacial score (nSPS) is 13.9. The molecule has 0 atom stereocenters. The maximum absolute atomic E-state index is 12.1. The van der Waals surface area contributed by atoms with E-state index in [9.17, 15) is 4.79 Å². The molecule has 1 aliphatic carbocycles. The van der Waals surface area contributed by atoms with Crippen LogP contribution < -0.4 is 10.6 Å². The van der Waals surface area contributed by atoms with Crippen LogP contribution >= 0.6 is 23.1 Å². The third-order valence-electron chi connectivity index (χ3n) is 3.52. The number of hydrogen-bond acceptors (Lipinski definition) is 6. The first kappa shape index (κ1) is 15.3. The molecular weight excluding hydrogens is 316 g/mol. The van der Waals surface area contributed by atoms with Crippen LogP contribution in [-0.2, 0) is 4.79 Å². The van der Waals surface area contributed by atoms with E-state index < -0.39 is 0 Å². The average Bonchev–Trinajstić information content (AvgIpc) is 3.19. The van der Waals surface area contributed by atoms with Crippen molar-refractivity contribution in [3.8, 4) is 0 Å². The number of thioether (sulfide) groups is 1. The van der Waals surface area contributed by atoms with Gasteiger partial charge in [-0.15, -0.1) is 10.2 Å². The predicted octanol–water partition coefficient (Wildman–Crippen LogP) is 3.46. The van der Waals surface area contributed by atoms with Crippen molar-refractivity contribution in [3.63, 3.8) is 0 Å². The average molecular weight is 334 g/mol. The van der Waals surface area contributed by atoms with Crippen LogP contribution in [0.4, 0.5) is 10.8 Å². The van der Waals surface area contributed by atoms with Gasteiger partial charge in [-0.1, -0.05) is 35.2 Å². The summed E-state index contributed by atoms with van der Waals surface area (Å²) in [5.74, 6) is 0.316. The SMILES string of the molecule is Cc1cccc(NC(=O)CSc2nnc(NC3CC3)s2)c1C. The van der Waals surface area contributed by atoms with Crippen molar-refractivity contribution in [3.05, 3.63) is 29.3 Å². The molecule has 116 valence electrons. The van der Waals surface area contributed by atoms with Crippen molar-refractivity contribution in [1.82, 2.24) is 10.2 Å². The van der Waals surface area contributed by atoms with Gasteiger partial charge in [-0.25, -0.2) is 0 Å². The highest BCUT2D eigenvalue weighted by Gasteiger charge is 2.22.